The van der Waals surface area contributed by atoms with Crippen molar-refractivity contribution in [1.82, 2.24) is 4.72 Å². The average Bonchev–Trinajstić information content (AvgIpc) is 2.42. The van der Waals surface area contributed by atoms with Crippen molar-refractivity contribution < 1.29 is 4.79 Å². The first-order valence-electron chi connectivity index (χ1n) is 5.75. The molecule has 0 aromatic heterocycles. The maximum atomic E-state index is 12.2. The van der Waals surface area contributed by atoms with Crippen molar-refractivity contribution in [2.24, 2.45) is 0 Å². The number of amides is 1. The standard InChI is InChI=1S/C15H15NOS/c1-18-16-15(17)14(12-8-4-2-5-9-12)13-10-6-3-7-11-13/h2-11,14H,1H3,(H,16,17). The Morgan fingerprint density at radius 2 is 1.39 bits per heavy atom. The predicted molar refractivity (Wildman–Crippen MR) is 76.4 cm³/mol. The van der Waals surface area contributed by atoms with Crippen LogP contribution in [0.1, 0.15) is 17.0 Å². The third-order valence-electron chi connectivity index (χ3n) is 2.73. The van der Waals surface area contributed by atoms with Gasteiger partial charge in [0.05, 0.1) is 5.92 Å². The molecule has 1 amide bonds. The Morgan fingerprint density at radius 3 is 1.78 bits per heavy atom. The molecule has 0 saturated carbocycles. The normalized spacial score (nSPS) is 10.3. The number of hydrogen-bond donors (Lipinski definition) is 1. The predicted octanol–water partition coefficient (Wildman–Crippen LogP) is 3.21. The van der Waals surface area contributed by atoms with Gasteiger partial charge in [0.2, 0.25) is 5.91 Å². The van der Waals surface area contributed by atoms with Gasteiger partial charge in [-0.3, -0.25) is 9.52 Å². The first-order chi connectivity index (χ1) is 8.83. The zero-order valence-electron chi connectivity index (χ0n) is 10.2. The highest BCUT2D eigenvalue weighted by molar-refractivity contribution is 7.97. The smallest absolute Gasteiger partial charge is 0.241 e. The van der Waals surface area contributed by atoms with E-state index in [0.29, 0.717) is 0 Å². The summed E-state index contributed by atoms with van der Waals surface area (Å²) in [7, 11) is 0. The van der Waals surface area contributed by atoms with Gasteiger partial charge >= 0.3 is 0 Å². The number of carbonyl (C=O) groups is 1. The van der Waals surface area contributed by atoms with E-state index in [4.69, 9.17) is 0 Å². The first-order valence-corrected chi connectivity index (χ1v) is 6.98. The molecule has 2 nitrogen and oxygen atoms in total. The van der Waals surface area contributed by atoms with E-state index in [-0.39, 0.29) is 11.8 Å². The molecule has 2 rings (SSSR count). The van der Waals surface area contributed by atoms with Crippen LogP contribution in [-0.2, 0) is 4.79 Å². The molecule has 1 N–H and O–H groups in total. The Bertz CT molecular complexity index is 459. The molecule has 18 heavy (non-hydrogen) atoms. The molecule has 0 spiro atoms. The second kappa shape index (κ2) is 6.26. The molecule has 0 bridgehead atoms. The van der Waals surface area contributed by atoms with Crippen molar-refractivity contribution >= 4 is 17.9 Å². The van der Waals surface area contributed by atoms with Crippen molar-refractivity contribution in [3.05, 3.63) is 71.8 Å². The molecule has 0 atom stereocenters. The van der Waals surface area contributed by atoms with E-state index in [2.05, 4.69) is 4.72 Å². The molecule has 92 valence electrons. The van der Waals surface area contributed by atoms with E-state index in [0.717, 1.165) is 11.1 Å². The first kappa shape index (κ1) is 12.7. The Kier molecular flexibility index (Phi) is 4.42. The Balaban J connectivity index is 2.38. The third-order valence-corrected chi connectivity index (χ3v) is 3.14. The molecule has 0 saturated heterocycles. The van der Waals surface area contributed by atoms with Gasteiger partial charge in [-0.2, -0.15) is 0 Å². The van der Waals surface area contributed by atoms with E-state index in [9.17, 15) is 4.79 Å². The summed E-state index contributed by atoms with van der Waals surface area (Å²) < 4.78 is 2.82. The summed E-state index contributed by atoms with van der Waals surface area (Å²) in [5.74, 6) is -0.236. The molecule has 0 aliphatic rings. The van der Waals surface area contributed by atoms with Crippen LogP contribution in [0.2, 0.25) is 0 Å². The molecule has 0 heterocycles. The van der Waals surface area contributed by atoms with Gasteiger partial charge in [0.15, 0.2) is 0 Å². The van der Waals surface area contributed by atoms with Gasteiger partial charge in [-0.25, -0.2) is 0 Å². The third kappa shape index (κ3) is 2.93. The van der Waals surface area contributed by atoms with Gasteiger partial charge < -0.3 is 0 Å². The molecule has 0 aliphatic carbocycles. The summed E-state index contributed by atoms with van der Waals surface area (Å²) in [4.78, 5) is 12.2. The van der Waals surface area contributed by atoms with Crippen molar-refractivity contribution in [2.75, 3.05) is 6.26 Å². The fourth-order valence-electron chi connectivity index (χ4n) is 1.95. The minimum atomic E-state index is -0.250. The largest absolute Gasteiger partial charge is 0.300 e. The number of rotatable bonds is 4. The van der Waals surface area contributed by atoms with Gasteiger partial charge in [-0.15, -0.1) is 0 Å². The van der Waals surface area contributed by atoms with Crippen molar-refractivity contribution in [3.8, 4) is 0 Å². The van der Waals surface area contributed by atoms with Crippen molar-refractivity contribution in [2.45, 2.75) is 5.92 Å². The van der Waals surface area contributed by atoms with E-state index in [1.165, 1.54) is 11.9 Å². The van der Waals surface area contributed by atoms with Crippen LogP contribution >= 0.6 is 11.9 Å². The number of benzene rings is 2. The molecule has 0 aliphatic heterocycles. The van der Waals surface area contributed by atoms with Crippen LogP contribution in [0, 0.1) is 0 Å². The second-order valence-electron chi connectivity index (χ2n) is 3.92. The lowest BCUT2D eigenvalue weighted by Gasteiger charge is -2.16. The van der Waals surface area contributed by atoms with Crippen LogP contribution < -0.4 is 4.72 Å². The van der Waals surface area contributed by atoms with Gasteiger partial charge in [0.25, 0.3) is 0 Å². The minimum absolute atomic E-state index is 0.0138. The fourth-order valence-corrected chi connectivity index (χ4v) is 2.26. The highest BCUT2D eigenvalue weighted by atomic mass is 32.2. The van der Waals surface area contributed by atoms with Gasteiger partial charge in [-0.05, 0) is 11.1 Å². The summed E-state index contributed by atoms with van der Waals surface area (Å²) in [6, 6.07) is 19.7. The van der Waals surface area contributed by atoms with Crippen molar-refractivity contribution in [3.63, 3.8) is 0 Å². The molecule has 2 aromatic carbocycles. The van der Waals surface area contributed by atoms with Crippen LogP contribution in [0.5, 0.6) is 0 Å². The molecule has 0 unspecified atom stereocenters. The zero-order chi connectivity index (χ0) is 12.8. The second-order valence-corrected chi connectivity index (χ2v) is 4.54. The number of carbonyl (C=O) groups excluding carboxylic acids is 1. The molecule has 0 fully saturated rings. The summed E-state index contributed by atoms with van der Waals surface area (Å²) >= 11 is 1.33. The molecule has 0 radical (unpaired) electrons. The Hall–Kier alpha value is -1.74. The average molecular weight is 257 g/mol. The lowest BCUT2D eigenvalue weighted by molar-refractivity contribution is -0.119. The summed E-state index contributed by atoms with van der Waals surface area (Å²) in [5.41, 5.74) is 2.02. The molecular formula is C15H15NOS. The van der Waals surface area contributed by atoms with Crippen LogP contribution in [-0.4, -0.2) is 12.2 Å². The Morgan fingerprint density at radius 1 is 0.944 bits per heavy atom. The molecule has 3 heteroatoms. The Labute approximate surface area is 112 Å². The highest BCUT2D eigenvalue weighted by Gasteiger charge is 2.21. The maximum Gasteiger partial charge on any atom is 0.241 e. The van der Waals surface area contributed by atoms with Crippen molar-refractivity contribution in [1.29, 1.82) is 0 Å². The lowest BCUT2D eigenvalue weighted by Crippen LogP contribution is -2.24. The van der Waals surface area contributed by atoms with Gasteiger partial charge in [0.1, 0.15) is 0 Å². The number of nitrogens with one attached hydrogen (secondary N) is 1. The van der Waals surface area contributed by atoms with E-state index in [1.807, 2.05) is 66.9 Å². The quantitative estimate of drug-likeness (QED) is 0.852. The van der Waals surface area contributed by atoms with Gasteiger partial charge in [-0.1, -0.05) is 72.6 Å². The van der Waals surface area contributed by atoms with E-state index < -0.39 is 0 Å². The molecular weight excluding hydrogens is 242 g/mol. The summed E-state index contributed by atoms with van der Waals surface area (Å²) in [6.07, 6.45) is 1.85. The summed E-state index contributed by atoms with van der Waals surface area (Å²) in [6.45, 7) is 0. The summed E-state index contributed by atoms with van der Waals surface area (Å²) in [5, 5.41) is 0. The maximum absolute atomic E-state index is 12.2. The highest BCUT2D eigenvalue weighted by Crippen LogP contribution is 2.25. The SMILES string of the molecule is CSNC(=O)C(c1ccccc1)c1ccccc1. The topological polar surface area (TPSA) is 29.1 Å². The monoisotopic (exact) mass is 257 g/mol. The fraction of sp³-hybridized carbons (Fsp3) is 0.133. The molecule has 2 aromatic rings. The van der Waals surface area contributed by atoms with Gasteiger partial charge in [0, 0.05) is 6.26 Å². The zero-order valence-corrected chi connectivity index (χ0v) is 11.0. The number of hydrogen-bond acceptors (Lipinski definition) is 2. The van der Waals surface area contributed by atoms with Crippen LogP contribution in [0.3, 0.4) is 0 Å². The van der Waals surface area contributed by atoms with Crippen LogP contribution in [0.15, 0.2) is 60.7 Å². The van der Waals surface area contributed by atoms with E-state index >= 15 is 0 Å². The van der Waals surface area contributed by atoms with Crippen LogP contribution in [0.4, 0.5) is 0 Å². The van der Waals surface area contributed by atoms with Crippen LogP contribution in [0.25, 0.3) is 0 Å². The van der Waals surface area contributed by atoms with E-state index in [1.54, 1.807) is 0 Å². The lowest BCUT2D eigenvalue weighted by atomic mass is 9.91. The minimum Gasteiger partial charge on any atom is -0.300 e.